The molecule has 11 heteroatoms. The van der Waals surface area contributed by atoms with Crippen LogP contribution in [0.3, 0.4) is 0 Å². The van der Waals surface area contributed by atoms with E-state index in [1.165, 1.54) is 12.1 Å². The molecule has 0 spiro atoms. The Labute approximate surface area is 199 Å². The van der Waals surface area contributed by atoms with Crippen molar-refractivity contribution in [2.75, 3.05) is 39.0 Å². The van der Waals surface area contributed by atoms with E-state index in [-0.39, 0.29) is 30.1 Å². The van der Waals surface area contributed by atoms with Gasteiger partial charge in [-0.15, -0.1) is 0 Å². The molecular weight excluding hydrogens is 473 g/mol. The van der Waals surface area contributed by atoms with Gasteiger partial charge in [0.05, 0.1) is 17.5 Å². The Morgan fingerprint density at radius 2 is 1.79 bits per heavy atom. The molecule has 2 fully saturated rings. The molecule has 1 heterocycles. The Morgan fingerprint density at radius 3 is 2.32 bits per heavy atom. The van der Waals surface area contributed by atoms with Gasteiger partial charge in [-0.1, -0.05) is 0 Å². The van der Waals surface area contributed by atoms with Gasteiger partial charge in [0.15, 0.2) is 21.4 Å². The minimum absolute atomic E-state index is 0.0795. The molecule has 0 unspecified atom stereocenters. The minimum atomic E-state index is -3.55. The van der Waals surface area contributed by atoms with Gasteiger partial charge in [-0.05, 0) is 57.7 Å². The Kier molecular flexibility index (Phi) is 7.76. The van der Waals surface area contributed by atoms with Gasteiger partial charge >= 0.3 is 6.09 Å². The number of benzene rings is 1. The first-order valence-corrected chi connectivity index (χ1v) is 13.3. The maximum atomic E-state index is 15.0. The summed E-state index contributed by atoms with van der Waals surface area (Å²) in [7, 11) is -3.55. The number of piperazine rings is 1. The predicted octanol–water partition coefficient (Wildman–Crippen LogP) is 3.96. The van der Waals surface area contributed by atoms with E-state index in [1.807, 2.05) is 0 Å². The van der Waals surface area contributed by atoms with Crippen molar-refractivity contribution in [3.05, 3.63) is 24.0 Å². The van der Waals surface area contributed by atoms with Gasteiger partial charge < -0.3 is 14.4 Å². The highest BCUT2D eigenvalue weighted by atomic mass is 32.2. The number of sulfone groups is 1. The van der Waals surface area contributed by atoms with Crippen molar-refractivity contribution >= 4 is 15.9 Å². The van der Waals surface area contributed by atoms with Crippen LogP contribution in [0, 0.1) is 11.7 Å². The summed E-state index contributed by atoms with van der Waals surface area (Å²) in [6, 6.07) is 2.39. The zero-order valence-electron chi connectivity index (χ0n) is 20.0. The SMILES string of the molecule is CC(C)(C)OC(=O)N1CCN([C@@H]2CC[C@@H](COc3ccc(S(C)(=O)=O)cc3F)CC2(F)F)CC1. The monoisotopic (exact) mass is 506 g/mol. The van der Waals surface area contributed by atoms with Crippen LogP contribution >= 0.6 is 0 Å². The van der Waals surface area contributed by atoms with Crippen molar-refractivity contribution in [2.24, 2.45) is 5.92 Å². The average molecular weight is 507 g/mol. The van der Waals surface area contributed by atoms with Crippen LogP contribution in [0.25, 0.3) is 0 Å². The van der Waals surface area contributed by atoms with Crippen molar-refractivity contribution in [2.45, 2.75) is 62.5 Å². The van der Waals surface area contributed by atoms with E-state index in [0.717, 1.165) is 12.3 Å². The number of halogens is 3. The number of hydrogen-bond acceptors (Lipinski definition) is 6. The highest BCUT2D eigenvalue weighted by molar-refractivity contribution is 7.90. The number of nitrogens with zero attached hydrogens (tertiary/aromatic N) is 2. The van der Waals surface area contributed by atoms with Crippen LogP contribution in [0.4, 0.5) is 18.0 Å². The fourth-order valence-corrected chi connectivity index (χ4v) is 5.03. The van der Waals surface area contributed by atoms with Crippen LogP contribution in [0.2, 0.25) is 0 Å². The van der Waals surface area contributed by atoms with Gasteiger partial charge in [-0.2, -0.15) is 0 Å². The molecule has 1 aliphatic heterocycles. The third kappa shape index (κ3) is 6.78. The van der Waals surface area contributed by atoms with E-state index >= 15 is 8.78 Å². The largest absolute Gasteiger partial charge is 0.490 e. The Balaban J connectivity index is 1.52. The predicted molar refractivity (Wildman–Crippen MR) is 120 cm³/mol. The van der Waals surface area contributed by atoms with Crippen LogP contribution in [0.5, 0.6) is 5.75 Å². The Bertz CT molecular complexity index is 989. The fraction of sp³-hybridized carbons (Fsp3) is 0.696. The summed E-state index contributed by atoms with van der Waals surface area (Å²) in [5.74, 6) is -4.40. The molecule has 1 aromatic carbocycles. The average Bonchev–Trinajstić information content (AvgIpc) is 2.70. The summed E-state index contributed by atoms with van der Waals surface area (Å²) in [5, 5.41) is 0. The molecule has 2 aliphatic rings. The lowest BCUT2D eigenvalue weighted by Crippen LogP contribution is -2.58. The quantitative estimate of drug-likeness (QED) is 0.602. The summed E-state index contributed by atoms with van der Waals surface area (Å²) in [6.07, 6.45) is 0.919. The van der Waals surface area contributed by atoms with Crippen molar-refractivity contribution < 1.29 is 35.9 Å². The molecule has 1 aromatic rings. The standard InChI is InChI=1S/C23H33F3N2O5S/c1-22(2,3)33-21(29)28-11-9-27(10-12-28)20-8-5-16(14-23(20,25)26)15-32-19-7-6-17(13-18(19)24)34(4,30)31/h6-7,13,16,20H,5,8-12,14-15H2,1-4H3/t16-,20-/m1/s1. The second-order valence-electron chi connectivity index (χ2n) is 10.1. The second kappa shape index (κ2) is 9.93. The summed E-state index contributed by atoms with van der Waals surface area (Å²) >= 11 is 0. The summed E-state index contributed by atoms with van der Waals surface area (Å²) in [4.78, 5) is 15.3. The molecule has 192 valence electrons. The summed E-state index contributed by atoms with van der Waals surface area (Å²) < 4.78 is 78.1. The zero-order chi connectivity index (χ0) is 25.3. The number of carbonyl (C=O) groups excluding carboxylic acids is 1. The van der Waals surface area contributed by atoms with Gasteiger partial charge in [0, 0.05) is 38.9 Å². The van der Waals surface area contributed by atoms with Gasteiger partial charge in [0.2, 0.25) is 0 Å². The first kappa shape index (κ1) is 26.6. The number of rotatable bonds is 5. The molecule has 1 saturated heterocycles. The molecule has 1 amide bonds. The number of carbonyl (C=O) groups is 1. The molecule has 0 aromatic heterocycles. The topological polar surface area (TPSA) is 76.2 Å². The highest BCUT2D eigenvalue weighted by Gasteiger charge is 2.48. The van der Waals surface area contributed by atoms with Crippen LogP contribution in [0.15, 0.2) is 23.1 Å². The Morgan fingerprint density at radius 1 is 1.15 bits per heavy atom. The van der Waals surface area contributed by atoms with E-state index in [2.05, 4.69) is 0 Å². The lowest BCUT2D eigenvalue weighted by Gasteiger charge is -2.45. The van der Waals surface area contributed by atoms with Gasteiger partial charge in [0.25, 0.3) is 5.92 Å². The van der Waals surface area contributed by atoms with Crippen LogP contribution in [-0.2, 0) is 14.6 Å². The molecular formula is C23H33F3N2O5S. The fourth-order valence-electron chi connectivity index (χ4n) is 4.40. The van der Waals surface area contributed by atoms with E-state index in [0.29, 0.717) is 32.6 Å². The molecule has 7 nitrogen and oxygen atoms in total. The number of ether oxygens (including phenoxy) is 2. The van der Waals surface area contributed by atoms with Gasteiger partial charge in [0.1, 0.15) is 5.60 Å². The Hall–Kier alpha value is -2.01. The smallest absolute Gasteiger partial charge is 0.410 e. The number of amides is 1. The maximum absolute atomic E-state index is 15.0. The van der Waals surface area contributed by atoms with Crippen LogP contribution in [-0.4, -0.2) is 80.9 Å². The van der Waals surface area contributed by atoms with Crippen molar-refractivity contribution in [1.82, 2.24) is 9.80 Å². The van der Waals surface area contributed by atoms with E-state index in [1.54, 1.807) is 30.6 Å². The normalized spacial score (nSPS) is 24.0. The van der Waals surface area contributed by atoms with Crippen molar-refractivity contribution in [1.29, 1.82) is 0 Å². The summed E-state index contributed by atoms with van der Waals surface area (Å²) in [5.41, 5.74) is -0.611. The molecule has 1 aliphatic carbocycles. The van der Waals surface area contributed by atoms with E-state index in [4.69, 9.17) is 9.47 Å². The lowest BCUT2D eigenvalue weighted by molar-refractivity contribution is -0.130. The zero-order valence-corrected chi connectivity index (χ0v) is 20.8. The highest BCUT2D eigenvalue weighted by Crippen LogP contribution is 2.40. The van der Waals surface area contributed by atoms with Gasteiger partial charge in [-0.3, -0.25) is 4.90 Å². The first-order valence-electron chi connectivity index (χ1n) is 11.4. The molecule has 0 radical (unpaired) electrons. The molecule has 1 saturated carbocycles. The minimum Gasteiger partial charge on any atom is -0.490 e. The molecule has 3 rings (SSSR count). The second-order valence-corrected chi connectivity index (χ2v) is 12.1. The molecule has 2 atom stereocenters. The van der Waals surface area contributed by atoms with E-state index in [9.17, 15) is 17.6 Å². The first-order chi connectivity index (χ1) is 15.7. The third-order valence-corrected chi connectivity index (χ3v) is 7.22. The van der Waals surface area contributed by atoms with Crippen LogP contribution < -0.4 is 4.74 Å². The van der Waals surface area contributed by atoms with Crippen molar-refractivity contribution in [3.63, 3.8) is 0 Å². The molecule has 34 heavy (non-hydrogen) atoms. The maximum Gasteiger partial charge on any atom is 0.410 e. The number of hydrogen-bond donors (Lipinski definition) is 0. The summed E-state index contributed by atoms with van der Waals surface area (Å²) in [6.45, 7) is 6.61. The molecule has 0 bridgehead atoms. The van der Waals surface area contributed by atoms with Crippen molar-refractivity contribution in [3.8, 4) is 5.75 Å². The van der Waals surface area contributed by atoms with Crippen LogP contribution in [0.1, 0.15) is 40.0 Å². The lowest BCUT2D eigenvalue weighted by atomic mass is 9.82. The molecule has 0 N–H and O–H groups in total. The third-order valence-electron chi connectivity index (χ3n) is 6.11. The van der Waals surface area contributed by atoms with Gasteiger partial charge in [-0.25, -0.2) is 26.4 Å². The number of alkyl halides is 2. The van der Waals surface area contributed by atoms with E-state index < -0.39 is 45.2 Å².